The van der Waals surface area contributed by atoms with Crippen molar-refractivity contribution in [1.82, 2.24) is 4.90 Å². The number of amides is 1. The molecule has 1 rings (SSSR count). The highest BCUT2D eigenvalue weighted by atomic mass is 16.5. The van der Waals surface area contributed by atoms with Crippen LogP contribution in [0.5, 0.6) is 5.75 Å². The molecule has 1 aromatic rings. The molecular weight excluding hydrogens is 242 g/mol. The number of carbonyl (C=O) groups is 1. The number of hydrogen-bond acceptors (Lipinski definition) is 4. The zero-order chi connectivity index (χ0) is 14.3. The number of hydrogen-bond donors (Lipinski definition) is 1. The lowest BCUT2D eigenvalue weighted by Crippen LogP contribution is -2.35. The van der Waals surface area contributed by atoms with Gasteiger partial charge in [0.1, 0.15) is 5.75 Å². The first kappa shape index (κ1) is 14.8. The number of nitrogens with two attached hydrogens (primary N) is 1. The molecule has 0 aliphatic carbocycles. The van der Waals surface area contributed by atoms with Crippen LogP contribution < -0.4 is 10.5 Å². The van der Waals surface area contributed by atoms with E-state index in [1.54, 1.807) is 24.1 Å². The zero-order valence-electron chi connectivity index (χ0n) is 11.3. The molecule has 5 heteroatoms. The molecule has 0 radical (unpaired) electrons. The third-order valence-electron chi connectivity index (χ3n) is 2.93. The van der Waals surface area contributed by atoms with Crippen molar-refractivity contribution in [2.75, 3.05) is 19.4 Å². The van der Waals surface area contributed by atoms with Crippen LogP contribution in [0.2, 0.25) is 0 Å². The molecule has 0 fully saturated rings. The summed E-state index contributed by atoms with van der Waals surface area (Å²) in [6, 6.07) is 9.13. The lowest BCUT2D eigenvalue weighted by molar-refractivity contribution is -0.132. The predicted molar refractivity (Wildman–Crippen MR) is 73.4 cm³/mol. The standard InChI is InChI=1S/C14H19N3O2/c1-11(7-9-15)17(2)14(18)8-10-19-13-6-4-3-5-12(13)16/h3-6,11H,7-8,10,16H2,1-2H3. The average molecular weight is 261 g/mol. The van der Waals surface area contributed by atoms with Gasteiger partial charge in [-0.15, -0.1) is 0 Å². The number of nitrogen functional groups attached to an aromatic ring is 1. The summed E-state index contributed by atoms with van der Waals surface area (Å²) >= 11 is 0. The maximum atomic E-state index is 11.8. The number of rotatable bonds is 6. The van der Waals surface area contributed by atoms with E-state index in [-0.39, 0.29) is 25.0 Å². The molecule has 1 aromatic carbocycles. The molecular formula is C14H19N3O2. The number of nitrogens with zero attached hydrogens (tertiary/aromatic N) is 2. The van der Waals surface area contributed by atoms with Gasteiger partial charge >= 0.3 is 0 Å². The Labute approximate surface area is 113 Å². The number of nitriles is 1. The summed E-state index contributed by atoms with van der Waals surface area (Å²) in [4.78, 5) is 13.4. The molecule has 0 saturated heterocycles. The van der Waals surface area contributed by atoms with Gasteiger partial charge in [-0.05, 0) is 19.1 Å². The summed E-state index contributed by atoms with van der Waals surface area (Å²) in [6.07, 6.45) is 0.593. The third-order valence-corrected chi connectivity index (χ3v) is 2.93. The fourth-order valence-corrected chi connectivity index (χ4v) is 1.55. The molecule has 0 saturated carbocycles. The van der Waals surface area contributed by atoms with Gasteiger partial charge < -0.3 is 15.4 Å². The van der Waals surface area contributed by atoms with Crippen molar-refractivity contribution in [3.05, 3.63) is 24.3 Å². The highest BCUT2D eigenvalue weighted by molar-refractivity contribution is 5.76. The monoisotopic (exact) mass is 261 g/mol. The number of para-hydroxylation sites is 2. The van der Waals surface area contributed by atoms with Gasteiger partial charge in [-0.25, -0.2) is 0 Å². The number of carbonyl (C=O) groups excluding carboxylic acids is 1. The van der Waals surface area contributed by atoms with E-state index in [2.05, 4.69) is 6.07 Å². The van der Waals surface area contributed by atoms with Crippen molar-refractivity contribution in [3.63, 3.8) is 0 Å². The normalized spacial score (nSPS) is 11.4. The summed E-state index contributed by atoms with van der Waals surface area (Å²) in [7, 11) is 1.70. The van der Waals surface area contributed by atoms with Crippen molar-refractivity contribution >= 4 is 11.6 Å². The molecule has 102 valence electrons. The predicted octanol–water partition coefficient (Wildman–Crippen LogP) is 1.80. The molecule has 1 amide bonds. The Morgan fingerprint density at radius 1 is 1.53 bits per heavy atom. The lowest BCUT2D eigenvalue weighted by Gasteiger charge is -2.23. The minimum absolute atomic E-state index is 0.0442. The quantitative estimate of drug-likeness (QED) is 0.792. The smallest absolute Gasteiger partial charge is 0.226 e. The Hall–Kier alpha value is -2.22. The van der Waals surface area contributed by atoms with Gasteiger partial charge in [0.05, 0.1) is 31.2 Å². The second-order valence-electron chi connectivity index (χ2n) is 4.35. The van der Waals surface area contributed by atoms with E-state index in [0.717, 1.165) is 0 Å². The number of ether oxygens (including phenoxy) is 1. The molecule has 0 aromatic heterocycles. The SMILES string of the molecule is CC(CC#N)N(C)C(=O)CCOc1ccccc1N. The van der Waals surface area contributed by atoms with Crippen LogP contribution in [0.1, 0.15) is 19.8 Å². The largest absolute Gasteiger partial charge is 0.491 e. The third kappa shape index (κ3) is 4.51. The van der Waals surface area contributed by atoms with Gasteiger partial charge in [-0.3, -0.25) is 4.79 Å². The van der Waals surface area contributed by atoms with Crippen LogP contribution in [-0.2, 0) is 4.79 Å². The first-order chi connectivity index (χ1) is 9.06. The molecule has 1 unspecified atom stereocenters. The van der Waals surface area contributed by atoms with Crippen molar-refractivity contribution in [2.24, 2.45) is 0 Å². The van der Waals surface area contributed by atoms with E-state index >= 15 is 0 Å². The second kappa shape index (κ2) is 7.27. The summed E-state index contributed by atoms with van der Waals surface area (Å²) in [5, 5.41) is 8.60. The van der Waals surface area contributed by atoms with Crippen LogP contribution >= 0.6 is 0 Å². The van der Waals surface area contributed by atoms with Gasteiger partial charge in [0, 0.05) is 13.1 Å². The van der Waals surface area contributed by atoms with Crippen molar-refractivity contribution in [1.29, 1.82) is 5.26 Å². The van der Waals surface area contributed by atoms with E-state index in [1.165, 1.54) is 0 Å². The number of anilines is 1. The highest BCUT2D eigenvalue weighted by Gasteiger charge is 2.15. The molecule has 0 aliphatic heterocycles. The number of benzene rings is 1. The van der Waals surface area contributed by atoms with Crippen LogP contribution in [-0.4, -0.2) is 30.5 Å². The first-order valence-electron chi connectivity index (χ1n) is 6.16. The molecule has 2 N–H and O–H groups in total. The maximum Gasteiger partial charge on any atom is 0.226 e. The molecule has 0 heterocycles. The summed E-state index contributed by atoms with van der Waals surface area (Å²) < 4.78 is 5.46. The van der Waals surface area contributed by atoms with Gasteiger partial charge in [-0.1, -0.05) is 12.1 Å². The summed E-state index contributed by atoms with van der Waals surface area (Å²) in [5.74, 6) is 0.542. The van der Waals surface area contributed by atoms with E-state index in [0.29, 0.717) is 17.9 Å². The molecule has 0 bridgehead atoms. The Balaban J connectivity index is 2.39. The molecule has 1 atom stereocenters. The van der Waals surface area contributed by atoms with Crippen molar-refractivity contribution in [2.45, 2.75) is 25.8 Å². The molecule has 0 spiro atoms. The fraction of sp³-hybridized carbons (Fsp3) is 0.429. The van der Waals surface area contributed by atoms with Crippen LogP contribution in [0, 0.1) is 11.3 Å². The minimum atomic E-state index is -0.0840. The summed E-state index contributed by atoms with van der Waals surface area (Å²) in [5.41, 5.74) is 6.29. The molecule has 5 nitrogen and oxygen atoms in total. The minimum Gasteiger partial charge on any atom is -0.491 e. The van der Waals surface area contributed by atoms with Crippen LogP contribution in [0.3, 0.4) is 0 Å². The Bertz CT molecular complexity index is 468. The Morgan fingerprint density at radius 2 is 2.21 bits per heavy atom. The van der Waals surface area contributed by atoms with Gasteiger partial charge in [0.2, 0.25) is 5.91 Å². The second-order valence-corrected chi connectivity index (χ2v) is 4.35. The molecule has 19 heavy (non-hydrogen) atoms. The van der Waals surface area contributed by atoms with Crippen molar-refractivity contribution in [3.8, 4) is 11.8 Å². The average Bonchev–Trinajstić information content (AvgIpc) is 2.40. The van der Waals surface area contributed by atoms with Crippen LogP contribution in [0.4, 0.5) is 5.69 Å². The van der Waals surface area contributed by atoms with Gasteiger partial charge in [0.15, 0.2) is 0 Å². The summed E-state index contributed by atoms with van der Waals surface area (Å²) in [6.45, 7) is 2.12. The van der Waals surface area contributed by atoms with Gasteiger partial charge in [0.25, 0.3) is 0 Å². The Morgan fingerprint density at radius 3 is 2.84 bits per heavy atom. The fourth-order valence-electron chi connectivity index (χ4n) is 1.55. The lowest BCUT2D eigenvalue weighted by atomic mass is 10.2. The highest BCUT2D eigenvalue weighted by Crippen LogP contribution is 2.19. The Kier molecular flexibility index (Phi) is 5.68. The maximum absolute atomic E-state index is 11.8. The zero-order valence-corrected chi connectivity index (χ0v) is 11.3. The molecule has 0 aliphatic rings. The first-order valence-corrected chi connectivity index (χ1v) is 6.16. The van der Waals surface area contributed by atoms with E-state index in [1.807, 2.05) is 19.1 Å². The van der Waals surface area contributed by atoms with E-state index in [9.17, 15) is 4.79 Å². The van der Waals surface area contributed by atoms with Crippen LogP contribution in [0.25, 0.3) is 0 Å². The van der Waals surface area contributed by atoms with E-state index in [4.69, 9.17) is 15.7 Å². The van der Waals surface area contributed by atoms with Crippen LogP contribution in [0.15, 0.2) is 24.3 Å². The van der Waals surface area contributed by atoms with Crippen molar-refractivity contribution < 1.29 is 9.53 Å². The topological polar surface area (TPSA) is 79.3 Å². The van der Waals surface area contributed by atoms with E-state index < -0.39 is 0 Å². The van der Waals surface area contributed by atoms with Gasteiger partial charge in [-0.2, -0.15) is 5.26 Å².